The van der Waals surface area contributed by atoms with Gasteiger partial charge in [0.25, 0.3) is 0 Å². The predicted molar refractivity (Wildman–Crippen MR) is 79.7 cm³/mol. The lowest BCUT2D eigenvalue weighted by molar-refractivity contribution is -0.137. The number of halogens is 4. The van der Waals surface area contributed by atoms with E-state index in [1.807, 2.05) is 0 Å². The number of carboxylic acids is 1. The van der Waals surface area contributed by atoms with Gasteiger partial charge in [0.15, 0.2) is 5.69 Å². The van der Waals surface area contributed by atoms with Crippen LogP contribution in [-0.2, 0) is 17.5 Å². The van der Waals surface area contributed by atoms with Crippen molar-refractivity contribution in [2.45, 2.75) is 12.7 Å². The number of hydrogen-bond acceptors (Lipinski definition) is 6. The van der Waals surface area contributed by atoms with E-state index in [4.69, 9.17) is 21.4 Å². The minimum Gasteiger partial charge on any atom is -0.476 e. The molecule has 0 saturated carbocycles. The van der Waals surface area contributed by atoms with Gasteiger partial charge in [-0.25, -0.2) is 14.5 Å². The molecule has 0 radical (unpaired) electrons. The number of pyridine rings is 1. The predicted octanol–water partition coefficient (Wildman–Crippen LogP) is 1.24. The second-order valence-corrected chi connectivity index (χ2v) is 5.22. The number of aromatic carboxylic acids is 1. The van der Waals surface area contributed by atoms with Crippen LogP contribution in [0, 0.1) is 0 Å². The summed E-state index contributed by atoms with van der Waals surface area (Å²) in [7, 11) is 0. The summed E-state index contributed by atoms with van der Waals surface area (Å²) in [6.45, 7) is -0.348. The lowest BCUT2D eigenvalue weighted by Gasteiger charge is -2.10. The zero-order valence-corrected chi connectivity index (χ0v) is 13.6. The summed E-state index contributed by atoms with van der Waals surface area (Å²) in [6.07, 6.45) is -2.89. The Labute approximate surface area is 148 Å². The van der Waals surface area contributed by atoms with Crippen LogP contribution in [-0.4, -0.2) is 50.1 Å². The largest absolute Gasteiger partial charge is 0.476 e. The Kier molecular flexibility index (Phi) is 5.97. The van der Waals surface area contributed by atoms with Crippen molar-refractivity contribution in [1.82, 2.24) is 25.3 Å². The first-order valence-corrected chi connectivity index (χ1v) is 7.30. The second kappa shape index (κ2) is 7.99. The maximum absolute atomic E-state index is 12.5. The first-order valence-electron chi connectivity index (χ1n) is 6.92. The van der Waals surface area contributed by atoms with Crippen LogP contribution < -0.4 is 10.1 Å². The zero-order valence-electron chi connectivity index (χ0n) is 12.8. The lowest BCUT2D eigenvalue weighted by atomic mass is 10.3. The van der Waals surface area contributed by atoms with E-state index in [-0.39, 0.29) is 36.3 Å². The third-order valence-corrected chi connectivity index (χ3v) is 3.13. The molecule has 2 aromatic heterocycles. The number of hydrogen-bond donors (Lipinski definition) is 2. The minimum atomic E-state index is -4.56. The molecule has 0 bridgehead atoms. The Morgan fingerprint density at radius 1 is 1.38 bits per heavy atom. The van der Waals surface area contributed by atoms with Crippen molar-refractivity contribution in [3.8, 4) is 5.88 Å². The molecule has 0 saturated heterocycles. The number of amides is 1. The van der Waals surface area contributed by atoms with Crippen LogP contribution in [0.5, 0.6) is 5.88 Å². The lowest BCUT2D eigenvalue weighted by Crippen LogP contribution is -2.31. The average molecular weight is 394 g/mol. The van der Waals surface area contributed by atoms with Crippen LogP contribution in [0.25, 0.3) is 0 Å². The van der Waals surface area contributed by atoms with E-state index in [1.54, 1.807) is 0 Å². The van der Waals surface area contributed by atoms with Gasteiger partial charge in [0.2, 0.25) is 11.8 Å². The zero-order chi connectivity index (χ0) is 19.3. The summed E-state index contributed by atoms with van der Waals surface area (Å²) >= 11 is 5.67. The molecule has 140 valence electrons. The second-order valence-electron chi connectivity index (χ2n) is 4.81. The smallest absolute Gasteiger partial charge is 0.417 e. The number of nitrogens with one attached hydrogen (secondary N) is 1. The molecular formula is C13H11ClF3N5O4. The summed E-state index contributed by atoms with van der Waals surface area (Å²) in [5, 5.41) is 17.6. The van der Waals surface area contributed by atoms with E-state index < -0.39 is 23.6 Å². The number of carboxylic acid groups (broad SMARTS) is 1. The quantitative estimate of drug-likeness (QED) is 0.679. The molecule has 9 nitrogen and oxygen atoms in total. The Bertz CT molecular complexity index is 811. The van der Waals surface area contributed by atoms with Crippen molar-refractivity contribution in [1.29, 1.82) is 0 Å². The highest BCUT2D eigenvalue weighted by Gasteiger charge is 2.31. The topological polar surface area (TPSA) is 119 Å². The van der Waals surface area contributed by atoms with E-state index >= 15 is 0 Å². The highest BCUT2D eigenvalue weighted by atomic mass is 35.5. The number of nitrogens with zero attached hydrogens (tertiary/aromatic N) is 4. The fourth-order valence-electron chi connectivity index (χ4n) is 1.70. The van der Waals surface area contributed by atoms with Gasteiger partial charge in [-0.05, 0) is 6.07 Å². The standard InChI is InChI=1S/C13H11ClF3N5O4/c14-8-3-7(13(15,16)17)4-19-11(8)26-2-1-18-10(23)6-22-5-9(12(24)25)20-21-22/h3-5H,1-2,6H2,(H,18,23)(H,24,25). The first-order chi connectivity index (χ1) is 12.2. The van der Waals surface area contributed by atoms with Crippen LogP contribution >= 0.6 is 11.6 Å². The van der Waals surface area contributed by atoms with Crippen LogP contribution in [0.2, 0.25) is 5.02 Å². The van der Waals surface area contributed by atoms with Crippen molar-refractivity contribution in [3.63, 3.8) is 0 Å². The summed E-state index contributed by atoms with van der Waals surface area (Å²) < 4.78 is 43.6. The van der Waals surface area contributed by atoms with E-state index in [0.29, 0.717) is 12.3 Å². The molecule has 0 aliphatic rings. The van der Waals surface area contributed by atoms with Gasteiger partial charge >= 0.3 is 12.1 Å². The molecule has 0 unspecified atom stereocenters. The third kappa shape index (κ3) is 5.31. The van der Waals surface area contributed by atoms with E-state index in [9.17, 15) is 22.8 Å². The Morgan fingerprint density at radius 2 is 2.12 bits per heavy atom. The third-order valence-electron chi connectivity index (χ3n) is 2.86. The van der Waals surface area contributed by atoms with Crippen molar-refractivity contribution < 1.29 is 32.6 Å². The Balaban J connectivity index is 1.77. The number of rotatable bonds is 7. The van der Waals surface area contributed by atoms with E-state index in [0.717, 1.165) is 10.9 Å². The fraction of sp³-hybridized carbons (Fsp3) is 0.308. The van der Waals surface area contributed by atoms with Gasteiger partial charge < -0.3 is 15.2 Å². The highest BCUT2D eigenvalue weighted by molar-refractivity contribution is 6.31. The van der Waals surface area contributed by atoms with Gasteiger partial charge in [0.05, 0.1) is 18.3 Å². The van der Waals surface area contributed by atoms with Gasteiger partial charge in [-0.1, -0.05) is 16.8 Å². The molecule has 2 N–H and O–H groups in total. The number of alkyl halides is 3. The molecule has 0 aliphatic carbocycles. The molecule has 26 heavy (non-hydrogen) atoms. The van der Waals surface area contributed by atoms with Crippen LogP contribution in [0.3, 0.4) is 0 Å². The molecule has 0 fully saturated rings. The number of ether oxygens (including phenoxy) is 1. The molecule has 2 heterocycles. The fourth-order valence-corrected chi connectivity index (χ4v) is 1.92. The summed E-state index contributed by atoms with van der Waals surface area (Å²) in [6, 6.07) is 0.688. The van der Waals surface area contributed by atoms with Crippen LogP contribution in [0.4, 0.5) is 13.2 Å². The number of aromatic nitrogens is 4. The SMILES string of the molecule is O=C(Cn1cc(C(=O)O)nn1)NCCOc1ncc(C(F)(F)F)cc1Cl. The molecule has 2 rings (SSSR count). The van der Waals surface area contributed by atoms with Crippen molar-refractivity contribution in [2.24, 2.45) is 0 Å². The van der Waals surface area contributed by atoms with Crippen molar-refractivity contribution in [3.05, 3.63) is 34.7 Å². The van der Waals surface area contributed by atoms with Gasteiger partial charge in [0.1, 0.15) is 18.2 Å². The van der Waals surface area contributed by atoms with Gasteiger partial charge in [0, 0.05) is 6.20 Å². The van der Waals surface area contributed by atoms with Crippen LogP contribution in [0.15, 0.2) is 18.5 Å². The Morgan fingerprint density at radius 3 is 2.69 bits per heavy atom. The molecular weight excluding hydrogens is 383 g/mol. The molecule has 1 amide bonds. The van der Waals surface area contributed by atoms with Crippen molar-refractivity contribution in [2.75, 3.05) is 13.2 Å². The first kappa shape index (κ1) is 19.4. The van der Waals surface area contributed by atoms with E-state index in [1.165, 1.54) is 0 Å². The maximum Gasteiger partial charge on any atom is 0.417 e. The number of carbonyl (C=O) groups is 2. The Hall–Kier alpha value is -2.89. The molecule has 0 atom stereocenters. The maximum atomic E-state index is 12.5. The molecule has 0 spiro atoms. The molecule has 13 heteroatoms. The highest BCUT2D eigenvalue weighted by Crippen LogP contribution is 2.32. The monoisotopic (exact) mass is 393 g/mol. The molecule has 0 aliphatic heterocycles. The van der Waals surface area contributed by atoms with Gasteiger partial charge in [-0.15, -0.1) is 5.10 Å². The van der Waals surface area contributed by atoms with Crippen molar-refractivity contribution >= 4 is 23.5 Å². The number of carbonyl (C=O) groups excluding carboxylic acids is 1. The summed E-state index contributed by atoms with van der Waals surface area (Å²) in [4.78, 5) is 25.8. The van der Waals surface area contributed by atoms with Gasteiger partial charge in [-0.3, -0.25) is 4.79 Å². The molecule has 0 aromatic carbocycles. The van der Waals surface area contributed by atoms with Crippen LogP contribution in [0.1, 0.15) is 16.1 Å². The average Bonchev–Trinajstić information content (AvgIpc) is 3.00. The summed E-state index contributed by atoms with van der Waals surface area (Å²) in [5.74, 6) is -1.97. The minimum absolute atomic E-state index is 0.0123. The normalized spacial score (nSPS) is 11.2. The van der Waals surface area contributed by atoms with E-state index in [2.05, 4.69) is 20.6 Å². The van der Waals surface area contributed by atoms with Gasteiger partial charge in [-0.2, -0.15) is 13.2 Å². The molecule has 2 aromatic rings. The summed E-state index contributed by atoms with van der Waals surface area (Å²) in [5.41, 5.74) is -1.30.